The van der Waals surface area contributed by atoms with Crippen molar-refractivity contribution in [1.82, 2.24) is 24.5 Å². The van der Waals surface area contributed by atoms with Gasteiger partial charge in [-0.2, -0.15) is 0 Å². The van der Waals surface area contributed by atoms with Crippen molar-refractivity contribution >= 4 is 63.4 Å². The summed E-state index contributed by atoms with van der Waals surface area (Å²) >= 11 is 14.4. The normalized spacial score (nSPS) is 31.9. The summed E-state index contributed by atoms with van der Waals surface area (Å²) in [7, 11) is 3.39. The lowest BCUT2D eigenvalue weighted by molar-refractivity contribution is 0.103. The molecule has 606 valence electrons. The van der Waals surface area contributed by atoms with Crippen LogP contribution in [-0.4, -0.2) is 207 Å². The number of para-hydroxylation sites is 3. The van der Waals surface area contributed by atoms with Gasteiger partial charge in [0.05, 0.1) is 42.0 Å². The summed E-state index contributed by atoms with van der Waals surface area (Å²) in [5, 5.41) is 1.66. The van der Waals surface area contributed by atoms with Crippen molar-refractivity contribution in [3.8, 4) is 11.5 Å². The summed E-state index contributed by atoms with van der Waals surface area (Å²) in [4.78, 5) is 27.3. The zero-order valence-corrected chi connectivity index (χ0v) is 70.8. The predicted octanol–water partition coefficient (Wildman–Crippen LogP) is 19.0. The molecule has 15 aliphatic rings. The molecule has 0 amide bonds. The number of anilines is 5. The van der Waals surface area contributed by atoms with Crippen molar-refractivity contribution in [2.45, 2.75) is 146 Å². The summed E-state index contributed by atoms with van der Waals surface area (Å²) in [6, 6.07) is 39.0. The quantitative estimate of drug-likeness (QED) is 0.0657. The van der Waals surface area contributed by atoms with Gasteiger partial charge in [0.15, 0.2) is 0 Å². The summed E-state index contributed by atoms with van der Waals surface area (Å²) in [5.41, 5.74) is 7.62. The van der Waals surface area contributed by atoms with Gasteiger partial charge in [-0.3, -0.25) is 24.5 Å². The van der Waals surface area contributed by atoms with Crippen molar-refractivity contribution in [2.75, 3.05) is 189 Å². The summed E-state index contributed by atoms with van der Waals surface area (Å²) in [6.45, 7) is 30.1. The lowest BCUT2D eigenvalue weighted by atomic mass is 9.84. The first-order valence-electron chi connectivity index (χ1n) is 44.4. The molecule has 5 aliphatic heterocycles. The minimum Gasteiger partial charge on any atom is -0.495 e. The maximum absolute atomic E-state index is 13.6. The van der Waals surface area contributed by atoms with E-state index in [9.17, 15) is 4.39 Å². The number of ether oxygens (including phenoxy) is 2. The standard InChI is InChI=1S/C20H27ClN2O.C20H28N2.C19H27FN2O.C19H26N2S.C18H25ClN2/c1-14-12-23(19-11-18(21)5-6-20(19)24-2)8-7-22(14)13-17-10-15-3-4-16(17)9-15;1-2-17-5-3-4-6-20(17)22-11-9-21(10-12-22)15-19-14-16-7-8-18(19)13-16;1-23-19-7-5-16(20)13-18(19)22-10-8-21(9-11-22)17-6-3-14-2-4-15(17)12-14;1-22-19-5-3-2-4-18(19)21-10-8-20(9-11-21)14-17-13-15-6-7-16(17)12-15;19-17-3-1-2-4-18(17)21-9-7-20(8-10-21)16-12-14-5-6-15(11-14)13-16/h3-6,11,14-17H,7-10,12-13H2,1-2H3;3-8,16,18-19H,2,9-15H2,1H3;5,7,13-15,17H,2-4,6,8-12H2,1H3;2-7,15-17H,8-14H2,1H3;1-4,14-16H,5-13H2. The van der Waals surface area contributed by atoms with E-state index >= 15 is 0 Å². The van der Waals surface area contributed by atoms with E-state index in [2.05, 4.69) is 166 Å². The average Bonchev–Trinajstić information content (AvgIpc) is 1.37. The molecular formula is C96H133Cl2FN10O2S. The van der Waals surface area contributed by atoms with Gasteiger partial charge in [0.1, 0.15) is 17.3 Å². The first-order valence-corrected chi connectivity index (χ1v) is 46.4. The molecule has 0 spiro atoms. The molecule has 0 N–H and O–H groups in total. The van der Waals surface area contributed by atoms with Gasteiger partial charge in [-0.05, 0) is 246 Å². The van der Waals surface area contributed by atoms with Gasteiger partial charge in [0.2, 0.25) is 0 Å². The number of nitrogens with zero attached hydrogens (tertiary/aromatic N) is 10. The Morgan fingerprint density at radius 2 is 0.920 bits per heavy atom. The van der Waals surface area contributed by atoms with Crippen molar-refractivity contribution in [2.24, 2.45) is 76.9 Å². The van der Waals surface area contributed by atoms with Crippen LogP contribution in [0.4, 0.5) is 32.8 Å². The third kappa shape index (κ3) is 19.4. The number of methoxy groups -OCH3 is 2. The van der Waals surface area contributed by atoms with E-state index in [1.165, 1.54) is 221 Å². The molecule has 112 heavy (non-hydrogen) atoms. The molecule has 20 rings (SSSR count). The highest BCUT2D eigenvalue weighted by atomic mass is 35.5. The number of hydrogen-bond donors (Lipinski definition) is 0. The van der Waals surface area contributed by atoms with E-state index in [1.54, 1.807) is 26.4 Å². The first kappa shape index (κ1) is 80.4. The smallest absolute Gasteiger partial charge is 0.142 e. The summed E-state index contributed by atoms with van der Waals surface area (Å²) < 4.78 is 24.6. The second-order valence-corrected chi connectivity index (χ2v) is 38.2. The molecule has 5 aromatic carbocycles. The Labute approximate surface area is 687 Å². The number of piperazine rings is 5. The first-order chi connectivity index (χ1) is 54.8. The molecule has 5 aromatic rings. The zero-order chi connectivity index (χ0) is 76.6. The highest BCUT2D eigenvalue weighted by Gasteiger charge is 2.43. The topological polar surface area (TPSA) is 50.9 Å². The molecule has 0 aromatic heterocycles. The van der Waals surface area contributed by atoms with E-state index in [4.69, 9.17) is 32.7 Å². The Kier molecular flexibility index (Phi) is 27.2. The number of benzene rings is 5. The van der Waals surface area contributed by atoms with Gasteiger partial charge in [0.25, 0.3) is 0 Å². The fourth-order valence-corrected chi connectivity index (χ4v) is 24.9. The highest BCUT2D eigenvalue weighted by Crippen LogP contribution is 2.49. The van der Waals surface area contributed by atoms with Crippen LogP contribution in [0.15, 0.2) is 151 Å². The second-order valence-electron chi connectivity index (χ2n) is 36.5. The second kappa shape index (κ2) is 37.9. The van der Waals surface area contributed by atoms with Crippen molar-refractivity contribution in [3.05, 3.63) is 167 Å². The molecule has 15 unspecified atom stereocenters. The van der Waals surface area contributed by atoms with Crippen LogP contribution in [0.2, 0.25) is 10.0 Å². The number of hydrogen-bond acceptors (Lipinski definition) is 13. The molecule has 16 heteroatoms. The minimum atomic E-state index is -0.187. The number of aryl methyl sites for hydroxylation is 1. The molecular weight excluding hydrogens is 1450 g/mol. The molecule has 10 bridgehead atoms. The number of allylic oxidation sites excluding steroid dienone is 6. The van der Waals surface area contributed by atoms with Crippen LogP contribution in [0.3, 0.4) is 0 Å². The van der Waals surface area contributed by atoms with Crippen LogP contribution in [0.25, 0.3) is 0 Å². The molecule has 12 nitrogen and oxygen atoms in total. The number of thioether (sulfide) groups is 1. The van der Waals surface area contributed by atoms with Crippen molar-refractivity contribution in [1.29, 1.82) is 0 Å². The van der Waals surface area contributed by atoms with Gasteiger partial charge >= 0.3 is 0 Å². The number of rotatable bonds is 17. The van der Waals surface area contributed by atoms with Gasteiger partial charge < -0.3 is 34.0 Å². The molecule has 12 fully saturated rings. The van der Waals surface area contributed by atoms with E-state index in [-0.39, 0.29) is 5.82 Å². The van der Waals surface area contributed by atoms with Crippen molar-refractivity contribution in [3.63, 3.8) is 0 Å². The summed E-state index contributed by atoms with van der Waals surface area (Å²) in [6.07, 6.45) is 41.3. The Balaban J connectivity index is 0.000000106. The van der Waals surface area contributed by atoms with Crippen LogP contribution in [0.1, 0.15) is 122 Å². The van der Waals surface area contributed by atoms with E-state index in [0.29, 0.717) is 6.04 Å². The van der Waals surface area contributed by atoms with Crippen LogP contribution in [0.5, 0.6) is 11.5 Å². The Bertz CT molecular complexity index is 3830. The molecule has 5 heterocycles. The third-order valence-electron chi connectivity index (χ3n) is 30.0. The average molecular weight is 1580 g/mol. The van der Waals surface area contributed by atoms with Gasteiger partial charge in [-0.15, -0.1) is 11.8 Å². The lowest BCUT2D eigenvalue weighted by Crippen LogP contribution is -2.53. The fourth-order valence-electron chi connectivity index (χ4n) is 23.9. The van der Waals surface area contributed by atoms with Crippen LogP contribution < -0.4 is 34.0 Å². The van der Waals surface area contributed by atoms with E-state index < -0.39 is 0 Å². The number of fused-ring (bicyclic) bond motifs is 10. The highest BCUT2D eigenvalue weighted by molar-refractivity contribution is 7.98. The SMILES string of the molecule is CCc1ccccc1N1CCN(CC2CC3C=CC2C3)CC1.COc1ccc(Cl)cc1N1CCN(CC2CC3C=CC2C3)C(C)C1.COc1ccc(F)cc1N1CCN(C2CCC3CCC2C3)CC1.CSc1ccccc1N1CCN(CC2CC3C=CC2C3)CC1.Clc1ccccc1N1CCN(C2CC3CCC(C3)C2)CC1. The maximum Gasteiger partial charge on any atom is 0.142 e. The van der Waals surface area contributed by atoms with Crippen molar-refractivity contribution < 1.29 is 13.9 Å². The Morgan fingerprint density at radius 3 is 1.48 bits per heavy atom. The zero-order valence-electron chi connectivity index (χ0n) is 68.5. The van der Waals surface area contributed by atoms with Crippen LogP contribution >= 0.6 is 35.0 Å². The molecule has 5 saturated heterocycles. The lowest BCUT2D eigenvalue weighted by Gasteiger charge is -2.44. The molecule has 10 aliphatic carbocycles. The summed E-state index contributed by atoms with van der Waals surface area (Å²) in [5.74, 6) is 13.6. The molecule has 15 atom stereocenters. The van der Waals surface area contributed by atoms with Crippen LogP contribution in [0, 0.1) is 82.7 Å². The van der Waals surface area contributed by atoms with Gasteiger partial charge in [-0.1, -0.05) is 128 Å². The van der Waals surface area contributed by atoms with E-state index in [0.717, 1.165) is 187 Å². The fraction of sp³-hybridized carbons (Fsp3) is 0.625. The van der Waals surface area contributed by atoms with E-state index in [1.807, 2.05) is 42.1 Å². The van der Waals surface area contributed by atoms with Gasteiger partial charge in [-0.25, -0.2) is 4.39 Å². The van der Waals surface area contributed by atoms with Gasteiger partial charge in [0, 0.05) is 184 Å². The Hall–Kier alpha value is -5.42. The predicted molar refractivity (Wildman–Crippen MR) is 469 cm³/mol. The minimum absolute atomic E-state index is 0.187. The van der Waals surface area contributed by atoms with Crippen LogP contribution in [-0.2, 0) is 6.42 Å². The molecule has 7 saturated carbocycles. The maximum atomic E-state index is 13.6. The third-order valence-corrected chi connectivity index (χ3v) is 31.3. The monoisotopic (exact) mass is 1580 g/mol. The number of halogens is 3. The molecule has 0 radical (unpaired) electrons. The Morgan fingerprint density at radius 1 is 0.429 bits per heavy atom. The largest absolute Gasteiger partial charge is 0.495 e.